The van der Waals surface area contributed by atoms with Gasteiger partial charge in [0.2, 0.25) is 0 Å². The zero-order chi connectivity index (χ0) is 12.2. The summed E-state index contributed by atoms with van der Waals surface area (Å²) in [6.07, 6.45) is -6.69. The van der Waals surface area contributed by atoms with Crippen molar-refractivity contribution in [1.82, 2.24) is 4.90 Å². The normalized spacial score (nSPS) is 20.6. The van der Waals surface area contributed by atoms with Crippen LogP contribution in [-0.2, 0) is 9.47 Å². The largest absolute Gasteiger partial charge is 0.415 e. The number of aliphatic hydroxyl groups excluding tert-OH is 1. The zero-order valence-corrected chi connectivity index (χ0v) is 9.04. The number of alkyl halides is 3. The van der Waals surface area contributed by atoms with Crippen LogP contribution >= 0.6 is 0 Å². The van der Waals surface area contributed by atoms with Crippen molar-refractivity contribution in [3.8, 4) is 0 Å². The first-order valence-corrected chi connectivity index (χ1v) is 5.06. The molecular formula is C9H16F3NO3. The summed E-state index contributed by atoms with van der Waals surface area (Å²) < 4.78 is 46.4. The molecule has 1 aliphatic rings. The van der Waals surface area contributed by atoms with Gasteiger partial charge in [0.25, 0.3) is 0 Å². The molecule has 1 fully saturated rings. The van der Waals surface area contributed by atoms with Gasteiger partial charge < -0.3 is 19.5 Å². The lowest BCUT2D eigenvalue weighted by atomic mass is 10.3. The van der Waals surface area contributed by atoms with E-state index < -0.39 is 18.8 Å². The van der Waals surface area contributed by atoms with E-state index in [1.54, 1.807) is 0 Å². The molecule has 0 aromatic carbocycles. The minimum atomic E-state index is -4.56. The predicted molar refractivity (Wildman–Crippen MR) is 49.9 cm³/mol. The van der Waals surface area contributed by atoms with Crippen LogP contribution in [0.1, 0.15) is 6.42 Å². The van der Waals surface area contributed by atoms with E-state index in [0.29, 0.717) is 26.2 Å². The Bertz CT molecular complexity index is 207. The Morgan fingerprint density at radius 1 is 1.38 bits per heavy atom. The van der Waals surface area contributed by atoms with Crippen LogP contribution in [0.4, 0.5) is 13.2 Å². The smallest absolute Gasteiger partial charge is 0.382 e. The van der Waals surface area contributed by atoms with Crippen molar-refractivity contribution in [2.75, 3.05) is 33.4 Å². The Hall–Kier alpha value is -0.370. The van der Waals surface area contributed by atoms with Gasteiger partial charge >= 0.3 is 6.18 Å². The standard InChI is InChI=1S/C9H16F3NO3/c1-13(6-7(14)9(10,11)12)3-2-8-15-4-5-16-8/h7-8,14H,2-6H2,1H3/t7-/m0/s1. The van der Waals surface area contributed by atoms with Crippen molar-refractivity contribution in [3.63, 3.8) is 0 Å². The molecule has 0 aromatic rings. The summed E-state index contributed by atoms with van der Waals surface area (Å²) in [6.45, 7) is 1.01. The first-order valence-electron chi connectivity index (χ1n) is 5.06. The van der Waals surface area contributed by atoms with Gasteiger partial charge in [-0.2, -0.15) is 13.2 Å². The van der Waals surface area contributed by atoms with Crippen LogP contribution in [0, 0.1) is 0 Å². The molecule has 0 radical (unpaired) electrons. The van der Waals surface area contributed by atoms with Crippen LogP contribution in [-0.4, -0.2) is 61.9 Å². The SMILES string of the molecule is CN(CCC1OCCO1)C[C@H](O)C(F)(F)F. The van der Waals surface area contributed by atoms with Gasteiger partial charge in [0.05, 0.1) is 13.2 Å². The molecule has 0 amide bonds. The molecule has 1 rings (SSSR count). The Kier molecular flexibility index (Phi) is 4.97. The van der Waals surface area contributed by atoms with E-state index in [0.717, 1.165) is 0 Å². The topological polar surface area (TPSA) is 41.9 Å². The van der Waals surface area contributed by atoms with E-state index in [1.807, 2.05) is 0 Å². The minimum Gasteiger partial charge on any atom is -0.382 e. The van der Waals surface area contributed by atoms with Crippen LogP contribution < -0.4 is 0 Å². The van der Waals surface area contributed by atoms with Crippen molar-refractivity contribution in [3.05, 3.63) is 0 Å². The van der Waals surface area contributed by atoms with Gasteiger partial charge in [-0.25, -0.2) is 0 Å². The summed E-state index contributed by atoms with van der Waals surface area (Å²) >= 11 is 0. The van der Waals surface area contributed by atoms with Gasteiger partial charge in [0, 0.05) is 19.5 Å². The maximum atomic E-state index is 12.0. The molecule has 7 heteroatoms. The average molecular weight is 243 g/mol. The lowest BCUT2D eigenvalue weighted by molar-refractivity contribution is -0.207. The second-order valence-electron chi connectivity index (χ2n) is 3.78. The molecule has 1 aliphatic heterocycles. The summed E-state index contributed by atoms with van der Waals surface area (Å²) in [7, 11) is 1.52. The van der Waals surface area contributed by atoms with Crippen LogP contribution in [0.5, 0.6) is 0 Å². The molecule has 0 unspecified atom stereocenters. The molecule has 0 saturated carbocycles. The summed E-state index contributed by atoms with van der Waals surface area (Å²) in [5.74, 6) is 0. The summed E-state index contributed by atoms with van der Waals surface area (Å²) in [5, 5.41) is 8.82. The number of rotatable bonds is 5. The van der Waals surface area contributed by atoms with Crippen molar-refractivity contribution in [2.45, 2.75) is 25.0 Å². The Labute approximate surface area is 91.9 Å². The molecule has 0 bridgehead atoms. The first kappa shape index (κ1) is 13.7. The van der Waals surface area contributed by atoms with Crippen LogP contribution in [0.15, 0.2) is 0 Å². The van der Waals surface area contributed by atoms with Gasteiger partial charge in [0.15, 0.2) is 12.4 Å². The quantitative estimate of drug-likeness (QED) is 0.768. The van der Waals surface area contributed by atoms with E-state index >= 15 is 0 Å². The van der Waals surface area contributed by atoms with Crippen molar-refractivity contribution < 1.29 is 27.8 Å². The van der Waals surface area contributed by atoms with E-state index in [9.17, 15) is 13.2 Å². The van der Waals surface area contributed by atoms with Gasteiger partial charge in [-0.05, 0) is 7.05 Å². The molecule has 0 aromatic heterocycles. The number of hydrogen-bond acceptors (Lipinski definition) is 4. The monoisotopic (exact) mass is 243 g/mol. The number of likely N-dealkylation sites (N-methyl/N-ethyl adjacent to an activating group) is 1. The maximum absolute atomic E-state index is 12.0. The third-order valence-electron chi connectivity index (χ3n) is 2.30. The predicted octanol–water partition coefficient (Wildman–Crippen LogP) is 0.604. The van der Waals surface area contributed by atoms with Gasteiger partial charge in [-0.1, -0.05) is 0 Å². The molecule has 1 atom stereocenters. The Balaban J connectivity index is 2.17. The highest BCUT2D eigenvalue weighted by atomic mass is 19.4. The summed E-state index contributed by atoms with van der Waals surface area (Å²) in [4.78, 5) is 1.41. The van der Waals surface area contributed by atoms with Crippen molar-refractivity contribution >= 4 is 0 Å². The fourth-order valence-electron chi connectivity index (χ4n) is 1.39. The maximum Gasteiger partial charge on any atom is 0.415 e. The fourth-order valence-corrected chi connectivity index (χ4v) is 1.39. The average Bonchev–Trinajstić information content (AvgIpc) is 2.65. The third-order valence-corrected chi connectivity index (χ3v) is 2.30. The molecule has 0 aliphatic carbocycles. The molecule has 1 saturated heterocycles. The van der Waals surface area contributed by atoms with Crippen molar-refractivity contribution in [2.24, 2.45) is 0 Å². The van der Waals surface area contributed by atoms with E-state index in [2.05, 4.69) is 0 Å². The van der Waals surface area contributed by atoms with E-state index in [1.165, 1.54) is 11.9 Å². The van der Waals surface area contributed by atoms with Crippen molar-refractivity contribution in [1.29, 1.82) is 0 Å². The van der Waals surface area contributed by atoms with Gasteiger partial charge in [0.1, 0.15) is 0 Å². The zero-order valence-electron chi connectivity index (χ0n) is 9.04. The fraction of sp³-hybridized carbons (Fsp3) is 1.00. The minimum absolute atomic E-state index is 0.328. The molecule has 1 heterocycles. The number of ether oxygens (including phenoxy) is 2. The molecular weight excluding hydrogens is 227 g/mol. The number of nitrogens with zero attached hydrogens (tertiary/aromatic N) is 1. The highest BCUT2D eigenvalue weighted by molar-refractivity contribution is 4.69. The molecule has 4 nitrogen and oxygen atoms in total. The highest BCUT2D eigenvalue weighted by Crippen LogP contribution is 2.20. The lowest BCUT2D eigenvalue weighted by Gasteiger charge is -2.22. The van der Waals surface area contributed by atoms with E-state index in [-0.39, 0.29) is 6.29 Å². The van der Waals surface area contributed by atoms with Gasteiger partial charge in [-0.15, -0.1) is 0 Å². The third kappa shape index (κ3) is 4.65. The number of hydrogen-bond donors (Lipinski definition) is 1. The molecule has 1 N–H and O–H groups in total. The molecule has 96 valence electrons. The van der Waals surface area contributed by atoms with Crippen LogP contribution in [0.3, 0.4) is 0 Å². The molecule has 16 heavy (non-hydrogen) atoms. The number of halogens is 3. The lowest BCUT2D eigenvalue weighted by Crippen LogP contribution is -2.40. The summed E-state index contributed by atoms with van der Waals surface area (Å²) in [6, 6.07) is 0. The highest BCUT2D eigenvalue weighted by Gasteiger charge is 2.38. The first-order chi connectivity index (χ1) is 7.39. The van der Waals surface area contributed by atoms with Gasteiger partial charge in [-0.3, -0.25) is 0 Å². The van der Waals surface area contributed by atoms with Crippen LogP contribution in [0.2, 0.25) is 0 Å². The van der Waals surface area contributed by atoms with Crippen LogP contribution in [0.25, 0.3) is 0 Å². The summed E-state index contributed by atoms with van der Waals surface area (Å²) in [5.41, 5.74) is 0. The van der Waals surface area contributed by atoms with E-state index in [4.69, 9.17) is 14.6 Å². The second kappa shape index (κ2) is 5.81. The number of aliphatic hydroxyl groups is 1. The Morgan fingerprint density at radius 3 is 2.44 bits per heavy atom. The Morgan fingerprint density at radius 2 is 1.94 bits per heavy atom. The molecule has 0 spiro atoms. The second-order valence-corrected chi connectivity index (χ2v) is 3.78.